The number of halogens is 1. The molecule has 0 bridgehead atoms. The van der Waals surface area contributed by atoms with Crippen molar-refractivity contribution in [1.82, 2.24) is 14.0 Å². The Kier molecular flexibility index (Phi) is 6.76. The van der Waals surface area contributed by atoms with Crippen LogP contribution < -0.4 is 17.0 Å². The van der Waals surface area contributed by atoms with Crippen LogP contribution in [-0.4, -0.2) is 39.1 Å². The van der Waals surface area contributed by atoms with Gasteiger partial charge in [0, 0.05) is 31.4 Å². The summed E-state index contributed by atoms with van der Waals surface area (Å²) in [6.07, 6.45) is 3.23. The van der Waals surface area contributed by atoms with Gasteiger partial charge in [0.2, 0.25) is 5.91 Å². The maximum absolute atomic E-state index is 12.6. The molecule has 1 atom stereocenters. The fourth-order valence-corrected chi connectivity index (χ4v) is 3.24. The molecule has 26 heavy (non-hydrogen) atoms. The summed E-state index contributed by atoms with van der Waals surface area (Å²) in [5, 5.41) is 0. The van der Waals surface area contributed by atoms with Crippen LogP contribution in [0.1, 0.15) is 18.4 Å². The van der Waals surface area contributed by atoms with E-state index in [0.29, 0.717) is 19.6 Å². The molecule has 3 rings (SSSR count). The van der Waals surface area contributed by atoms with Crippen molar-refractivity contribution in [3.8, 4) is 0 Å². The minimum absolute atomic E-state index is 0. The van der Waals surface area contributed by atoms with Gasteiger partial charge in [0.05, 0.1) is 6.54 Å². The SMILES string of the molecule is Cl.NCC1CCCN1C(=O)Cn1c(=O)ccn(Cc2ccccc2)c1=O. The monoisotopic (exact) mass is 378 g/mol. The third-order valence-corrected chi connectivity index (χ3v) is 4.60. The molecule has 2 aromatic rings. The van der Waals surface area contributed by atoms with Gasteiger partial charge in [-0.25, -0.2) is 4.79 Å². The average Bonchev–Trinajstić information content (AvgIpc) is 3.11. The van der Waals surface area contributed by atoms with E-state index in [9.17, 15) is 14.4 Å². The van der Waals surface area contributed by atoms with Crippen LogP contribution in [0.2, 0.25) is 0 Å². The molecule has 1 aliphatic rings. The molecule has 7 nitrogen and oxygen atoms in total. The first-order chi connectivity index (χ1) is 12.1. The Morgan fingerprint density at radius 3 is 2.58 bits per heavy atom. The number of nitrogens with zero attached hydrogens (tertiary/aromatic N) is 3. The normalized spacial score (nSPS) is 16.3. The van der Waals surface area contributed by atoms with Crippen LogP contribution in [0.3, 0.4) is 0 Å². The Hall–Kier alpha value is -2.38. The molecular formula is C18H23ClN4O3. The zero-order valence-corrected chi connectivity index (χ0v) is 15.2. The van der Waals surface area contributed by atoms with Crippen LogP contribution in [-0.2, 0) is 17.9 Å². The summed E-state index contributed by atoms with van der Waals surface area (Å²) in [5.74, 6) is -0.232. The number of carbonyl (C=O) groups is 1. The number of carbonyl (C=O) groups excluding carboxylic acids is 1. The second-order valence-corrected chi connectivity index (χ2v) is 6.26. The third-order valence-electron chi connectivity index (χ3n) is 4.60. The Bertz CT molecular complexity index is 863. The van der Waals surface area contributed by atoms with Gasteiger partial charge in [0.1, 0.15) is 6.54 Å². The molecule has 0 aliphatic carbocycles. The van der Waals surface area contributed by atoms with Crippen molar-refractivity contribution < 1.29 is 4.79 Å². The predicted molar refractivity (Wildman–Crippen MR) is 102 cm³/mol. The van der Waals surface area contributed by atoms with Crippen LogP contribution in [0.25, 0.3) is 0 Å². The molecule has 2 heterocycles. The van der Waals surface area contributed by atoms with Crippen LogP contribution in [0.4, 0.5) is 0 Å². The van der Waals surface area contributed by atoms with Gasteiger partial charge in [-0.1, -0.05) is 30.3 Å². The molecule has 0 spiro atoms. The van der Waals surface area contributed by atoms with Gasteiger partial charge in [-0.05, 0) is 18.4 Å². The van der Waals surface area contributed by atoms with E-state index in [1.165, 1.54) is 16.8 Å². The highest BCUT2D eigenvalue weighted by Gasteiger charge is 2.28. The van der Waals surface area contributed by atoms with Crippen LogP contribution in [0.5, 0.6) is 0 Å². The number of hydrogen-bond acceptors (Lipinski definition) is 4. The number of amides is 1. The van der Waals surface area contributed by atoms with Gasteiger partial charge >= 0.3 is 5.69 Å². The quantitative estimate of drug-likeness (QED) is 0.816. The first-order valence-corrected chi connectivity index (χ1v) is 8.44. The van der Waals surface area contributed by atoms with Crippen LogP contribution in [0, 0.1) is 0 Å². The number of likely N-dealkylation sites (tertiary alicyclic amines) is 1. The molecule has 1 saturated heterocycles. The Balaban J connectivity index is 0.00000243. The fourth-order valence-electron chi connectivity index (χ4n) is 3.24. The number of rotatable bonds is 5. The number of hydrogen-bond donors (Lipinski definition) is 1. The van der Waals surface area contributed by atoms with Crippen molar-refractivity contribution in [3.05, 3.63) is 69.0 Å². The lowest BCUT2D eigenvalue weighted by atomic mass is 10.2. The molecule has 8 heteroatoms. The van der Waals surface area contributed by atoms with Gasteiger partial charge < -0.3 is 10.6 Å². The van der Waals surface area contributed by atoms with Crippen molar-refractivity contribution in [3.63, 3.8) is 0 Å². The molecule has 1 aromatic carbocycles. The minimum atomic E-state index is -0.479. The van der Waals surface area contributed by atoms with E-state index in [4.69, 9.17) is 5.73 Å². The summed E-state index contributed by atoms with van der Waals surface area (Å²) in [5.41, 5.74) is 5.70. The molecule has 0 radical (unpaired) electrons. The van der Waals surface area contributed by atoms with Crippen molar-refractivity contribution in [1.29, 1.82) is 0 Å². The maximum atomic E-state index is 12.6. The zero-order valence-electron chi connectivity index (χ0n) is 14.4. The summed E-state index contributed by atoms with van der Waals surface area (Å²) < 4.78 is 2.44. The van der Waals surface area contributed by atoms with Gasteiger partial charge in [-0.2, -0.15) is 0 Å². The highest BCUT2D eigenvalue weighted by molar-refractivity contribution is 5.85. The molecule has 1 unspecified atom stereocenters. The first-order valence-electron chi connectivity index (χ1n) is 8.44. The first kappa shape index (κ1) is 19.9. The molecule has 2 N–H and O–H groups in total. The molecule has 1 aromatic heterocycles. The van der Waals surface area contributed by atoms with Crippen molar-refractivity contribution in [2.24, 2.45) is 5.73 Å². The summed E-state index contributed by atoms with van der Waals surface area (Å²) in [6.45, 7) is 1.13. The molecule has 140 valence electrons. The highest BCUT2D eigenvalue weighted by atomic mass is 35.5. The second kappa shape index (κ2) is 8.82. The third kappa shape index (κ3) is 4.23. The van der Waals surface area contributed by atoms with E-state index in [1.807, 2.05) is 30.3 Å². The lowest BCUT2D eigenvalue weighted by molar-refractivity contribution is -0.132. The second-order valence-electron chi connectivity index (χ2n) is 6.26. The predicted octanol–water partition coefficient (Wildman–Crippen LogP) is 0.430. The van der Waals surface area contributed by atoms with E-state index in [1.54, 1.807) is 4.90 Å². The van der Waals surface area contributed by atoms with Gasteiger partial charge in [-0.3, -0.25) is 18.7 Å². The summed E-state index contributed by atoms with van der Waals surface area (Å²) in [4.78, 5) is 38.9. The van der Waals surface area contributed by atoms with Crippen LogP contribution >= 0.6 is 12.4 Å². The van der Waals surface area contributed by atoms with E-state index in [2.05, 4.69) is 0 Å². The molecule has 1 amide bonds. The molecular weight excluding hydrogens is 356 g/mol. The Morgan fingerprint density at radius 1 is 1.15 bits per heavy atom. The lowest BCUT2D eigenvalue weighted by Gasteiger charge is -2.23. The van der Waals surface area contributed by atoms with Crippen LogP contribution in [0.15, 0.2) is 52.2 Å². The smallest absolute Gasteiger partial charge is 0.331 e. The average molecular weight is 379 g/mol. The summed E-state index contributed by atoms with van der Waals surface area (Å²) in [6, 6.07) is 10.8. The Morgan fingerprint density at radius 2 is 1.88 bits per heavy atom. The summed E-state index contributed by atoms with van der Waals surface area (Å²) >= 11 is 0. The summed E-state index contributed by atoms with van der Waals surface area (Å²) in [7, 11) is 0. The van der Waals surface area contributed by atoms with Gasteiger partial charge in [0.25, 0.3) is 5.56 Å². The largest absolute Gasteiger partial charge is 0.337 e. The van der Waals surface area contributed by atoms with Gasteiger partial charge in [0.15, 0.2) is 0 Å². The number of aromatic nitrogens is 2. The van der Waals surface area contributed by atoms with E-state index >= 15 is 0 Å². The standard InChI is InChI=1S/C18H22N4O3.ClH/c19-11-15-7-4-9-21(15)17(24)13-22-16(23)8-10-20(18(22)25)12-14-5-2-1-3-6-14;/h1-3,5-6,8,10,15H,4,7,9,11-13,19H2;1H. The molecule has 0 saturated carbocycles. The zero-order chi connectivity index (χ0) is 17.8. The fraction of sp³-hybridized carbons (Fsp3) is 0.389. The number of nitrogens with two attached hydrogens (primary N) is 1. The van der Waals surface area contributed by atoms with Crippen molar-refractivity contribution >= 4 is 18.3 Å². The Labute approximate surface area is 157 Å². The van der Waals surface area contributed by atoms with E-state index < -0.39 is 11.2 Å². The van der Waals surface area contributed by atoms with Crippen molar-refractivity contribution in [2.45, 2.75) is 32.0 Å². The highest BCUT2D eigenvalue weighted by Crippen LogP contribution is 2.16. The maximum Gasteiger partial charge on any atom is 0.331 e. The lowest BCUT2D eigenvalue weighted by Crippen LogP contribution is -2.46. The molecule has 1 fully saturated rings. The number of benzene rings is 1. The van der Waals surface area contributed by atoms with E-state index in [0.717, 1.165) is 23.0 Å². The van der Waals surface area contributed by atoms with Gasteiger partial charge in [-0.15, -0.1) is 12.4 Å². The minimum Gasteiger partial charge on any atom is -0.337 e. The topological polar surface area (TPSA) is 90.3 Å². The molecule has 1 aliphatic heterocycles. The van der Waals surface area contributed by atoms with Crippen molar-refractivity contribution in [2.75, 3.05) is 13.1 Å². The van der Waals surface area contributed by atoms with E-state index in [-0.39, 0.29) is 30.9 Å².